The van der Waals surface area contributed by atoms with E-state index in [1.165, 1.54) is 27.3 Å². The normalized spacial score (nSPS) is 10.3. The second-order valence-electron chi connectivity index (χ2n) is 4.69. The van der Waals surface area contributed by atoms with Crippen LogP contribution in [0.15, 0.2) is 36.5 Å². The van der Waals surface area contributed by atoms with Gasteiger partial charge in [-0.05, 0) is 26.2 Å². The summed E-state index contributed by atoms with van der Waals surface area (Å²) in [5, 5.41) is 5.58. The van der Waals surface area contributed by atoms with Crippen molar-refractivity contribution in [1.29, 1.82) is 0 Å². The summed E-state index contributed by atoms with van der Waals surface area (Å²) in [7, 11) is 4.42. The van der Waals surface area contributed by atoms with E-state index in [1.807, 2.05) is 6.07 Å². The molecule has 0 fully saturated rings. The molecule has 3 amide bonds. The van der Waals surface area contributed by atoms with Gasteiger partial charge in [-0.3, -0.25) is 19.4 Å². The number of benzene rings is 1. The van der Waals surface area contributed by atoms with Crippen molar-refractivity contribution in [1.82, 2.24) is 15.6 Å². The highest BCUT2D eigenvalue weighted by molar-refractivity contribution is 6.07. The molecule has 26 heavy (non-hydrogen) atoms. The Labute approximate surface area is 152 Å². The number of nitrogens with zero attached hydrogens (tertiary/aromatic N) is 1. The Kier molecular flexibility index (Phi) is 10.9. The van der Waals surface area contributed by atoms with Crippen molar-refractivity contribution in [3.05, 3.63) is 42.1 Å². The second-order valence-corrected chi connectivity index (χ2v) is 4.69. The summed E-state index contributed by atoms with van der Waals surface area (Å²) < 4.78 is 0. The minimum Gasteiger partial charge on any atom is -0.370 e. The fourth-order valence-electron chi connectivity index (χ4n) is 2.11. The molecule has 8 N–H and O–H groups in total. The molecule has 0 spiro atoms. The van der Waals surface area contributed by atoms with Gasteiger partial charge in [0.15, 0.2) is 0 Å². The molecule has 1 heterocycles. The first-order valence-corrected chi connectivity index (χ1v) is 7.83. The number of primary amides is 1. The Bertz CT molecular complexity index is 730. The number of nitrogens with two attached hydrogens (primary N) is 3. The van der Waals surface area contributed by atoms with Crippen LogP contribution in [0.4, 0.5) is 0 Å². The van der Waals surface area contributed by atoms with E-state index in [2.05, 4.69) is 27.1 Å². The fraction of sp³-hybridized carbons (Fsp3) is 0.294. The number of nitrogens with one attached hydrogen (secondary N) is 2. The molecule has 1 aromatic heterocycles. The van der Waals surface area contributed by atoms with Gasteiger partial charge in [-0.15, -0.1) is 0 Å². The summed E-state index contributed by atoms with van der Waals surface area (Å²) in [6, 6.07) is 7.70. The average molecular weight is 362 g/mol. The zero-order valence-electron chi connectivity index (χ0n) is 15.2. The predicted octanol–water partition coefficient (Wildman–Crippen LogP) is -0.896. The van der Waals surface area contributed by atoms with Gasteiger partial charge in [-0.2, -0.15) is 0 Å². The summed E-state index contributed by atoms with van der Waals surface area (Å²) in [6.07, 6.45) is 1.24. The Morgan fingerprint density at radius 3 is 2.27 bits per heavy atom. The van der Waals surface area contributed by atoms with Gasteiger partial charge in [0.25, 0.3) is 5.91 Å². The van der Waals surface area contributed by atoms with Gasteiger partial charge >= 0.3 is 0 Å². The van der Waals surface area contributed by atoms with Crippen LogP contribution in [0.2, 0.25) is 0 Å². The third-order valence-corrected chi connectivity index (χ3v) is 3.17. The number of carbonyl (C=O) groups excluding carboxylic acids is 3. The largest absolute Gasteiger partial charge is 0.370 e. The average Bonchev–Trinajstić information content (AvgIpc) is 2.69. The molecule has 1 aromatic carbocycles. The van der Waals surface area contributed by atoms with E-state index in [0.717, 1.165) is 0 Å². The van der Waals surface area contributed by atoms with Crippen LogP contribution in [0, 0.1) is 0 Å². The van der Waals surface area contributed by atoms with Gasteiger partial charge in [-0.25, -0.2) is 0 Å². The fourth-order valence-corrected chi connectivity index (χ4v) is 2.11. The lowest BCUT2D eigenvalue weighted by molar-refractivity contribution is -0.126. The van der Waals surface area contributed by atoms with E-state index in [9.17, 15) is 14.4 Å². The van der Waals surface area contributed by atoms with Gasteiger partial charge in [0.1, 0.15) is 6.04 Å². The number of carbonyl (C=O) groups is 3. The molecular weight excluding hydrogens is 336 g/mol. The lowest BCUT2D eigenvalue weighted by Gasteiger charge is -2.16. The first kappa shape index (κ1) is 23.0. The van der Waals surface area contributed by atoms with Crippen LogP contribution in [0.25, 0.3) is 10.9 Å². The minimum atomic E-state index is -1.01. The maximum absolute atomic E-state index is 12.4. The molecule has 0 aliphatic rings. The van der Waals surface area contributed by atoms with Crippen molar-refractivity contribution in [3.8, 4) is 0 Å². The Hall–Kier alpha value is -3.04. The number of hydrogen-bond donors (Lipinski definition) is 5. The predicted molar refractivity (Wildman–Crippen MR) is 101 cm³/mol. The van der Waals surface area contributed by atoms with E-state index < -0.39 is 23.8 Å². The quantitative estimate of drug-likeness (QED) is 0.462. The number of fused-ring (bicyclic) bond motifs is 1. The van der Waals surface area contributed by atoms with Crippen LogP contribution in [-0.4, -0.2) is 49.9 Å². The molecule has 9 nitrogen and oxygen atoms in total. The van der Waals surface area contributed by atoms with Crippen LogP contribution in [-0.2, 0) is 9.59 Å². The lowest BCUT2D eigenvalue weighted by Crippen LogP contribution is -2.47. The third-order valence-electron chi connectivity index (χ3n) is 3.17. The highest BCUT2D eigenvalue weighted by atomic mass is 16.2. The van der Waals surface area contributed by atoms with Gasteiger partial charge in [0.05, 0.1) is 17.5 Å². The molecule has 0 saturated heterocycles. The Morgan fingerprint density at radius 1 is 1.08 bits per heavy atom. The molecule has 2 aromatic rings. The van der Waals surface area contributed by atoms with E-state index in [4.69, 9.17) is 5.73 Å². The Morgan fingerprint density at radius 2 is 1.69 bits per heavy atom. The zero-order valence-corrected chi connectivity index (χ0v) is 15.2. The Balaban J connectivity index is 0.00000146. The number of amides is 3. The van der Waals surface area contributed by atoms with Gasteiger partial charge in [0.2, 0.25) is 11.8 Å². The van der Waals surface area contributed by atoms with Crippen molar-refractivity contribution in [2.75, 3.05) is 21.1 Å². The van der Waals surface area contributed by atoms with Crippen molar-refractivity contribution in [2.24, 2.45) is 17.2 Å². The molecule has 142 valence electrons. The van der Waals surface area contributed by atoms with Crippen molar-refractivity contribution >= 4 is 28.6 Å². The first-order valence-electron chi connectivity index (χ1n) is 7.83. The summed E-state index contributed by atoms with van der Waals surface area (Å²) in [4.78, 5) is 39.3. The molecule has 0 radical (unpaired) electrons. The molecular formula is C17H26N6O3. The van der Waals surface area contributed by atoms with Crippen LogP contribution in [0.1, 0.15) is 16.8 Å². The molecule has 0 unspecified atom stereocenters. The van der Waals surface area contributed by atoms with Crippen molar-refractivity contribution in [3.63, 3.8) is 0 Å². The SMILES string of the molecule is CN.CN.CNC(=O)[C@H](CC(N)=O)NC(=O)c1ccnc2ccccc12. The van der Waals surface area contributed by atoms with Gasteiger partial charge in [-0.1, -0.05) is 18.2 Å². The summed E-state index contributed by atoms with van der Waals surface area (Å²) in [5.41, 5.74) is 15.2. The number of hydrogen-bond acceptors (Lipinski definition) is 6. The molecule has 1 atom stereocenters. The second kappa shape index (κ2) is 12.3. The molecule has 0 bridgehead atoms. The van der Waals surface area contributed by atoms with E-state index in [0.29, 0.717) is 16.5 Å². The van der Waals surface area contributed by atoms with Crippen LogP contribution in [0.3, 0.4) is 0 Å². The summed E-state index contributed by atoms with van der Waals surface area (Å²) in [5.74, 6) is -1.62. The summed E-state index contributed by atoms with van der Waals surface area (Å²) in [6.45, 7) is 0. The smallest absolute Gasteiger partial charge is 0.252 e. The van der Waals surface area contributed by atoms with Crippen LogP contribution in [0.5, 0.6) is 0 Å². The van der Waals surface area contributed by atoms with E-state index in [-0.39, 0.29) is 6.42 Å². The number of rotatable bonds is 5. The van der Waals surface area contributed by atoms with E-state index in [1.54, 1.807) is 24.3 Å². The first-order chi connectivity index (χ1) is 12.5. The number of aromatic nitrogens is 1. The van der Waals surface area contributed by atoms with E-state index >= 15 is 0 Å². The zero-order chi connectivity index (χ0) is 20.1. The highest BCUT2D eigenvalue weighted by Crippen LogP contribution is 2.16. The lowest BCUT2D eigenvalue weighted by atomic mass is 10.1. The van der Waals surface area contributed by atoms with Crippen LogP contribution < -0.4 is 27.8 Å². The highest BCUT2D eigenvalue weighted by Gasteiger charge is 2.23. The monoisotopic (exact) mass is 362 g/mol. The van der Waals surface area contributed by atoms with Crippen LogP contribution >= 0.6 is 0 Å². The maximum Gasteiger partial charge on any atom is 0.252 e. The van der Waals surface area contributed by atoms with Crippen molar-refractivity contribution in [2.45, 2.75) is 12.5 Å². The topological polar surface area (TPSA) is 166 Å². The van der Waals surface area contributed by atoms with Crippen molar-refractivity contribution < 1.29 is 14.4 Å². The number of likely N-dealkylation sites (N-methyl/N-ethyl adjacent to an activating group) is 1. The molecule has 0 aliphatic heterocycles. The molecule has 2 rings (SSSR count). The van der Waals surface area contributed by atoms with Gasteiger partial charge in [0, 0.05) is 18.6 Å². The minimum absolute atomic E-state index is 0.269. The molecule has 9 heteroatoms. The standard InChI is InChI=1S/C15H16N4O3.2CH5N/c1-17-15(22)12(8-13(16)20)19-14(21)10-6-7-18-11-5-3-2-4-9(10)11;2*1-2/h2-7,12H,8H2,1H3,(H2,16,20)(H,17,22)(H,19,21);2*2H2,1H3/t12-;;/m0../s1. The number of para-hydroxylation sites is 1. The maximum atomic E-state index is 12.4. The molecule has 0 saturated carbocycles. The molecule has 0 aliphatic carbocycles. The summed E-state index contributed by atoms with van der Waals surface area (Å²) >= 11 is 0. The number of pyridine rings is 1. The third kappa shape index (κ3) is 6.46. The van der Waals surface area contributed by atoms with Gasteiger partial charge < -0.3 is 27.8 Å².